The molecule has 0 radical (unpaired) electrons. The number of benzene rings is 2. The van der Waals surface area contributed by atoms with Gasteiger partial charge in [0.2, 0.25) is 0 Å². The molecule has 0 aromatic heterocycles. The fraction of sp³-hybridized carbons (Fsp3) is 0.211. The van der Waals surface area contributed by atoms with Gasteiger partial charge < -0.3 is 5.11 Å². The van der Waals surface area contributed by atoms with Gasteiger partial charge in [-0.3, -0.25) is 14.4 Å². The molecule has 1 aliphatic carbocycles. The van der Waals surface area contributed by atoms with Crippen LogP contribution in [0.25, 0.3) is 16.8 Å². The number of allylic oxidation sites excluding steroid dienone is 1. The number of ketones is 2. The number of carbonyl (C=O) groups is 3. The van der Waals surface area contributed by atoms with E-state index in [1.807, 2.05) is 30.3 Å². The largest absolute Gasteiger partial charge is 0.481 e. The molecule has 0 amide bonds. The molecular weight excluding hydrogens is 292 g/mol. The topological polar surface area (TPSA) is 71.4 Å². The monoisotopic (exact) mass is 308 g/mol. The van der Waals surface area contributed by atoms with Gasteiger partial charge in [-0.1, -0.05) is 36.4 Å². The van der Waals surface area contributed by atoms with Crippen molar-refractivity contribution < 1.29 is 19.5 Å². The normalized spacial score (nSPS) is 18.4. The van der Waals surface area contributed by atoms with E-state index >= 15 is 0 Å². The molecule has 1 aliphatic rings. The van der Waals surface area contributed by atoms with Gasteiger partial charge in [0.15, 0.2) is 0 Å². The average Bonchev–Trinajstić information content (AvgIpc) is 2.50. The van der Waals surface area contributed by atoms with Crippen molar-refractivity contribution in [1.82, 2.24) is 0 Å². The Labute approximate surface area is 133 Å². The number of Topliss-reactive ketones (excluding diaryl/α,β-unsaturated/α-hetero) is 2. The summed E-state index contributed by atoms with van der Waals surface area (Å²) in [5.74, 6) is -3.28. The van der Waals surface area contributed by atoms with Crippen molar-refractivity contribution in [3.8, 4) is 0 Å². The highest BCUT2D eigenvalue weighted by Gasteiger charge is 2.52. The Hall–Kier alpha value is -2.75. The van der Waals surface area contributed by atoms with Gasteiger partial charge in [-0.25, -0.2) is 0 Å². The lowest BCUT2D eigenvalue weighted by molar-refractivity contribution is -0.149. The Kier molecular flexibility index (Phi) is 3.40. The van der Waals surface area contributed by atoms with E-state index in [0.717, 1.165) is 16.3 Å². The highest BCUT2D eigenvalue weighted by molar-refractivity contribution is 6.13. The van der Waals surface area contributed by atoms with Crippen molar-refractivity contribution in [2.75, 3.05) is 0 Å². The molecule has 1 unspecified atom stereocenters. The zero-order chi connectivity index (χ0) is 16.8. The van der Waals surface area contributed by atoms with Crippen molar-refractivity contribution >= 4 is 34.4 Å². The second kappa shape index (κ2) is 5.16. The summed E-state index contributed by atoms with van der Waals surface area (Å²) in [7, 11) is 0. The van der Waals surface area contributed by atoms with Crippen LogP contribution < -0.4 is 0 Å². The number of hydrogen-bond acceptors (Lipinski definition) is 3. The van der Waals surface area contributed by atoms with Gasteiger partial charge in [0.1, 0.15) is 22.9 Å². The van der Waals surface area contributed by atoms with E-state index < -0.39 is 28.9 Å². The SMILES string of the molecule is CC(=O)C1(C(C)=O)C=Cc2cc3ccccc3cc2C1C(=O)O. The van der Waals surface area contributed by atoms with Crippen LogP contribution in [0.15, 0.2) is 42.5 Å². The summed E-state index contributed by atoms with van der Waals surface area (Å²) in [4.78, 5) is 36.4. The Bertz CT molecular complexity index is 862. The third-order valence-corrected chi connectivity index (χ3v) is 4.66. The predicted octanol–water partition coefficient (Wildman–Crippen LogP) is 3.20. The zero-order valence-electron chi connectivity index (χ0n) is 12.9. The maximum Gasteiger partial charge on any atom is 0.312 e. The average molecular weight is 308 g/mol. The summed E-state index contributed by atoms with van der Waals surface area (Å²) in [6.07, 6.45) is 3.14. The van der Waals surface area contributed by atoms with Crippen molar-refractivity contribution in [3.63, 3.8) is 0 Å². The van der Waals surface area contributed by atoms with Crippen LogP contribution in [0.4, 0.5) is 0 Å². The van der Waals surface area contributed by atoms with Crippen LogP contribution in [-0.2, 0) is 14.4 Å². The van der Waals surface area contributed by atoms with Crippen molar-refractivity contribution in [2.45, 2.75) is 19.8 Å². The Balaban J connectivity index is 2.35. The van der Waals surface area contributed by atoms with Crippen LogP contribution in [0, 0.1) is 5.41 Å². The van der Waals surface area contributed by atoms with Crippen LogP contribution in [0.5, 0.6) is 0 Å². The number of carbonyl (C=O) groups excluding carboxylic acids is 2. The lowest BCUT2D eigenvalue weighted by Crippen LogP contribution is -2.45. The molecule has 0 spiro atoms. The van der Waals surface area contributed by atoms with Gasteiger partial charge in [0.05, 0.1) is 0 Å². The van der Waals surface area contributed by atoms with Gasteiger partial charge in [0, 0.05) is 0 Å². The fourth-order valence-electron chi connectivity index (χ4n) is 3.45. The second-order valence-electron chi connectivity index (χ2n) is 5.91. The predicted molar refractivity (Wildman–Crippen MR) is 87.2 cm³/mol. The molecule has 0 saturated carbocycles. The first-order valence-electron chi connectivity index (χ1n) is 7.34. The third kappa shape index (κ3) is 2.10. The number of hydrogen-bond donors (Lipinski definition) is 1. The molecule has 0 aliphatic heterocycles. The molecule has 0 heterocycles. The van der Waals surface area contributed by atoms with E-state index in [1.165, 1.54) is 19.9 Å². The summed E-state index contributed by atoms with van der Waals surface area (Å²) in [6.45, 7) is 2.54. The maximum atomic E-state index is 12.2. The van der Waals surface area contributed by atoms with E-state index in [9.17, 15) is 19.5 Å². The molecule has 116 valence electrons. The lowest BCUT2D eigenvalue weighted by Gasteiger charge is -2.35. The Morgan fingerprint density at radius 2 is 1.57 bits per heavy atom. The summed E-state index contributed by atoms with van der Waals surface area (Å²) >= 11 is 0. The molecular formula is C19H16O4. The molecule has 3 rings (SSSR count). The highest BCUT2D eigenvalue weighted by Crippen LogP contribution is 2.46. The smallest absolute Gasteiger partial charge is 0.312 e. The van der Waals surface area contributed by atoms with E-state index in [0.29, 0.717) is 5.56 Å². The van der Waals surface area contributed by atoms with Gasteiger partial charge in [-0.2, -0.15) is 0 Å². The Morgan fingerprint density at radius 1 is 1.00 bits per heavy atom. The van der Waals surface area contributed by atoms with Crippen LogP contribution >= 0.6 is 0 Å². The van der Waals surface area contributed by atoms with E-state index in [4.69, 9.17) is 0 Å². The zero-order valence-corrected chi connectivity index (χ0v) is 12.9. The molecule has 0 saturated heterocycles. The molecule has 0 fully saturated rings. The van der Waals surface area contributed by atoms with Crippen molar-refractivity contribution in [1.29, 1.82) is 0 Å². The number of carboxylic acids is 1. The van der Waals surface area contributed by atoms with Gasteiger partial charge in [0.25, 0.3) is 0 Å². The van der Waals surface area contributed by atoms with Crippen LogP contribution in [0.2, 0.25) is 0 Å². The van der Waals surface area contributed by atoms with E-state index in [-0.39, 0.29) is 0 Å². The lowest BCUT2D eigenvalue weighted by atomic mass is 9.63. The van der Waals surface area contributed by atoms with E-state index in [1.54, 1.807) is 12.1 Å². The fourth-order valence-corrected chi connectivity index (χ4v) is 3.45. The Morgan fingerprint density at radius 3 is 2.09 bits per heavy atom. The quantitative estimate of drug-likeness (QED) is 0.884. The molecule has 2 aromatic rings. The van der Waals surface area contributed by atoms with Gasteiger partial charge >= 0.3 is 5.97 Å². The van der Waals surface area contributed by atoms with Crippen molar-refractivity contribution in [3.05, 3.63) is 53.6 Å². The van der Waals surface area contributed by atoms with Crippen LogP contribution in [-0.4, -0.2) is 22.6 Å². The minimum Gasteiger partial charge on any atom is -0.481 e. The summed E-state index contributed by atoms with van der Waals surface area (Å²) in [5, 5.41) is 11.6. The summed E-state index contributed by atoms with van der Waals surface area (Å²) < 4.78 is 0. The molecule has 1 N–H and O–H groups in total. The molecule has 23 heavy (non-hydrogen) atoms. The molecule has 1 atom stereocenters. The van der Waals surface area contributed by atoms with Gasteiger partial charge in [-0.15, -0.1) is 0 Å². The van der Waals surface area contributed by atoms with Crippen LogP contribution in [0.1, 0.15) is 30.9 Å². The van der Waals surface area contributed by atoms with Crippen molar-refractivity contribution in [2.24, 2.45) is 5.41 Å². The molecule has 4 heteroatoms. The third-order valence-electron chi connectivity index (χ3n) is 4.66. The number of carboxylic acid groups (broad SMARTS) is 1. The summed E-state index contributed by atoms with van der Waals surface area (Å²) in [5.41, 5.74) is -0.403. The number of fused-ring (bicyclic) bond motifs is 2. The first-order chi connectivity index (χ1) is 10.9. The highest BCUT2D eigenvalue weighted by atomic mass is 16.4. The number of rotatable bonds is 3. The molecule has 4 nitrogen and oxygen atoms in total. The summed E-state index contributed by atoms with van der Waals surface area (Å²) in [6, 6.07) is 11.3. The molecule has 0 bridgehead atoms. The standard InChI is InChI=1S/C19H16O4/c1-11(20)19(12(2)21)8-7-15-9-13-5-3-4-6-14(13)10-16(15)17(19)18(22)23/h3-10,17H,1-2H3,(H,22,23). The molecule has 2 aromatic carbocycles. The first kappa shape index (κ1) is 15.2. The first-order valence-corrected chi connectivity index (χ1v) is 7.34. The van der Waals surface area contributed by atoms with Crippen LogP contribution in [0.3, 0.4) is 0 Å². The second-order valence-corrected chi connectivity index (χ2v) is 5.91. The minimum absolute atomic E-state index is 0.451. The van der Waals surface area contributed by atoms with Gasteiger partial charge in [-0.05, 0) is 47.9 Å². The maximum absolute atomic E-state index is 12.2. The number of aliphatic carboxylic acids is 1. The van der Waals surface area contributed by atoms with E-state index in [2.05, 4.69) is 0 Å². The minimum atomic E-state index is -1.64.